The number of hydrogen-bond donors (Lipinski definition) is 1. The molecule has 0 aromatic heterocycles. The maximum Gasteiger partial charge on any atom is 0.137 e. The molecule has 0 radical (unpaired) electrons. The molecule has 3 aromatic rings. The van der Waals surface area contributed by atoms with Gasteiger partial charge in [0.25, 0.3) is 0 Å². The van der Waals surface area contributed by atoms with Crippen molar-refractivity contribution in [2.45, 2.75) is 12.6 Å². The second kappa shape index (κ2) is 7.28. The van der Waals surface area contributed by atoms with Crippen LogP contribution in [0.15, 0.2) is 108 Å². The largest absolute Gasteiger partial charge is 0.514 e. The Hall–Kier alpha value is -3.33. The molecule has 0 aliphatic carbocycles. The zero-order chi connectivity index (χ0) is 17.8. The normalized spacial score (nSPS) is 18.2. The van der Waals surface area contributed by atoms with Crippen molar-refractivity contribution in [1.29, 1.82) is 0 Å². The smallest absolute Gasteiger partial charge is 0.137 e. The molecule has 3 heteroatoms. The van der Waals surface area contributed by atoms with Gasteiger partial charge in [-0.25, -0.2) is 4.99 Å². The Morgan fingerprint density at radius 1 is 0.808 bits per heavy atom. The molecular weight excluding hydrogens is 320 g/mol. The van der Waals surface area contributed by atoms with Crippen molar-refractivity contribution >= 4 is 5.84 Å². The number of rotatable bonds is 4. The Morgan fingerprint density at radius 2 is 1.38 bits per heavy atom. The number of aliphatic hydroxyl groups excluding tert-OH is 1. The lowest BCUT2D eigenvalue weighted by atomic mass is 10.0. The van der Waals surface area contributed by atoms with Crippen LogP contribution in [0.2, 0.25) is 0 Å². The van der Waals surface area contributed by atoms with Crippen molar-refractivity contribution in [1.82, 2.24) is 4.90 Å². The lowest BCUT2D eigenvalue weighted by molar-refractivity contribution is 0.356. The van der Waals surface area contributed by atoms with E-state index >= 15 is 0 Å². The van der Waals surface area contributed by atoms with Gasteiger partial charge in [0.05, 0.1) is 0 Å². The minimum atomic E-state index is -0.114. The highest BCUT2D eigenvalue weighted by molar-refractivity contribution is 6.01. The molecule has 128 valence electrons. The highest BCUT2D eigenvalue weighted by Gasteiger charge is 2.34. The molecule has 0 unspecified atom stereocenters. The fraction of sp³-hybridized carbons (Fsp3) is 0.0870. The summed E-state index contributed by atoms with van der Waals surface area (Å²) in [6.45, 7) is 0.714. The minimum absolute atomic E-state index is 0.114. The van der Waals surface area contributed by atoms with Gasteiger partial charge in [0.1, 0.15) is 23.8 Å². The van der Waals surface area contributed by atoms with Crippen LogP contribution in [-0.2, 0) is 6.54 Å². The summed E-state index contributed by atoms with van der Waals surface area (Å²) >= 11 is 0. The second-order valence-corrected chi connectivity index (χ2v) is 6.28. The number of aliphatic hydroxyl groups is 1. The van der Waals surface area contributed by atoms with Gasteiger partial charge >= 0.3 is 0 Å². The van der Waals surface area contributed by atoms with Gasteiger partial charge < -0.3 is 10.0 Å². The second-order valence-electron chi connectivity index (χ2n) is 6.28. The van der Waals surface area contributed by atoms with Gasteiger partial charge in [0, 0.05) is 12.1 Å². The number of nitrogens with zero attached hydrogens (tertiary/aromatic N) is 2. The molecule has 1 atom stereocenters. The van der Waals surface area contributed by atoms with E-state index < -0.39 is 0 Å². The summed E-state index contributed by atoms with van der Waals surface area (Å²) in [5.74, 6) is 0.878. The Bertz CT molecular complexity index is 918. The van der Waals surface area contributed by atoms with Gasteiger partial charge in [0.15, 0.2) is 0 Å². The summed E-state index contributed by atoms with van der Waals surface area (Å²) < 4.78 is 0. The molecule has 0 saturated heterocycles. The van der Waals surface area contributed by atoms with Gasteiger partial charge in [-0.05, 0) is 11.1 Å². The summed E-state index contributed by atoms with van der Waals surface area (Å²) in [5.41, 5.74) is 4.02. The molecule has 1 heterocycles. The molecule has 3 aromatic carbocycles. The van der Waals surface area contributed by atoms with E-state index in [1.165, 1.54) is 5.56 Å². The zero-order valence-electron chi connectivity index (χ0n) is 14.4. The highest BCUT2D eigenvalue weighted by Crippen LogP contribution is 2.37. The Morgan fingerprint density at radius 3 is 2.00 bits per heavy atom. The Balaban J connectivity index is 1.79. The van der Waals surface area contributed by atoms with E-state index in [1.54, 1.807) is 0 Å². The number of aliphatic imine (C=N–C) groups is 1. The number of amidine groups is 1. The maximum atomic E-state index is 9.85. The molecule has 0 spiro atoms. The molecule has 26 heavy (non-hydrogen) atoms. The van der Waals surface area contributed by atoms with E-state index in [0.717, 1.165) is 23.2 Å². The summed E-state index contributed by atoms with van der Waals surface area (Å²) in [7, 11) is 0. The van der Waals surface area contributed by atoms with Crippen LogP contribution in [-0.4, -0.2) is 15.8 Å². The predicted octanol–water partition coefficient (Wildman–Crippen LogP) is 5.09. The fourth-order valence-electron chi connectivity index (χ4n) is 3.38. The van der Waals surface area contributed by atoms with Crippen molar-refractivity contribution in [3.63, 3.8) is 0 Å². The summed E-state index contributed by atoms with van der Waals surface area (Å²) in [6, 6.07) is 30.6. The summed E-state index contributed by atoms with van der Waals surface area (Å²) in [5, 5.41) is 9.85. The summed E-state index contributed by atoms with van der Waals surface area (Å²) in [6.07, 6.45) is 1.13. The van der Waals surface area contributed by atoms with Crippen LogP contribution in [0.5, 0.6) is 0 Å². The average molecular weight is 340 g/mol. The minimum Gasteiger partial charge on any atom is -0.514 e. The average Bonchev–Trinajstić information content (AvgIpc) is 3.08. The maximum absolute atomic E-state index is 9.85. The first-order chi connectivity index (χ1) is 12.9. The van der Waals surface area contributed by atoms with E-state index in [2.05, 4.69) is 41.3 Å². The molecule has 0 bridgehead atoms. The third kappa shape index (κ3) is 3.11. The van der Waals surface area contributed by atoms with E-state index in [-0.39, 0.29) is 6.04 Å². The van der Waals surface area contributed by atoms with Crippen LogP contribution in [0.1, 0.15) is 22.7 Å². The topological polar surface area (TPSA) is 35.8 Å². The Labute approximate surface area is 153 Å². The van der Waals surface area contributed by atoms with Crippen LogP contribution in [0.4, 0.5) is 0 Å². The van der Waals surface area contributed by atoms with E-state index in [4.69, 9.17) is 4.99 Å². The number of hydrogen-bond acceptors (Lipinski definition) is 3. The van der Waals surface area contributed by atoms with Crippen LogP contribution in [0.25, 0.3) is 0 Å². The number of benzene rings is 3. The first kappa shape index (κ1) is 16.2. The Kier molecular flexibility index (Phi) is 4.52. The van der Waals surface area contributed by atoms with Gasteiger partial charge in [-0.3, -0.25) is 0 Å². The van der Waals surface area contributed by atoms with Crippen LogP contribution in [0, 0.1) is 0 Å². The van der Waals surface area contributed by atoms with Crippen LogP contribution in [0.3, 0.4) is 0 Å². The zero-order valence-corrected chi connectivity index (χ0v) is 14.4. The van der Waals surface area contributed by atoms with Crippen molar-refractivity contribution in [2.75, 3.05) is 0 Å². The van der Waals surface area contributed by atoms with Crippen LogP contribution < -0.4 is 0 Å². The van der Waals surface area contributed by atoms with Gasteiger partial charge in [-0.1, -0.05) is 91.0 Å². The molecule has 0 saturated carbocycles. The van der Waals surface area contributed by atoms with Gasteiger partial charge in [-0.15, -0.1) is 0 Å². The third-order valence-electron chi connectivity index (χ3n) is 4.57. The molecular formula is C23H20N2O. The quantitative estimate of drug-likeness (QED) is 0.672. The third-order valence-corrected chi connectivity index (χ3v) is 4.57. The van der Waals surface area contributed by atoms with Crippen molar-refractivity contribution in [3.8, 4) is 0 Å². The monoisotopic (exact) mass is 340 g/mol. The molecule has 3 nitrogen and oxygen atoms in total. The van der Waals surface area contributed by atoms with Gasteiger partial charge in [-0.2, -0.15) is 0 Å². The molecule has 1 aliphatic rings. The first-order valence-electron chi connectivity index (χ1n) is 8.71. The van der Waals surface area contributed by atoms with E-state index in [1.807, 2.05) is 54.6 Å². The standard InChI is InChI=1S/C23H20N2O/c26-17-21-22(19-12-6-2-7-13-19)25(16-18-10-4-1-5-11-18)23(24-21)20-14-8-3-9-15-20/h1-15,17,22,26H,16H2/b21-17-/t22-/m0/s1. The lowest BCUT2D eigenvalue weighted by Gasteiger charge is -2.29. The lowest BCUT2D eigenvalue weighted by Crippen LogP contribution is -2.30. The SMILES string of the molecule is O/C=C1\N=C(c2ccccc2)N(Cc2ccccc2)[C@H]1c1ccccc1. The predicted molar refractivity (Wildman–Crippen MR) is 105 cm³/mol. The summed E-state index contributed by atoms with van der Waals surface area (Å²) in [4.78, 5) is 7.02. The first-order valence-corrected chi connectivity index (χ1v) is 8.71. The van der Waals surface area contributed by atoms with Crippen LogP contribution >= 0.6 is 0 Å². The highest BCUT2D eigenvalue weighted by atomic mass is 16.2. The molecule has 4 rings (SSSR count). The molecule has 1 aliphatic heterocycles. The van der Waals surface area contributed by atoms with Crippen molar-refractivity contribution < 1.29 is 5.11 Å². The van der Waals surface area contributed by atoms with E-state index in [9.17, 15) is 5.11 Å². The van der Waals surface area contributed by atoms with Crippen molar-refractivity contribution in [2.24, 2.45) is 4.99 Å². The fourth-order valence-corrected chi connectivity index (χ4v) is 3.38. The van der Waals surface area contributed by atoms with E-state index in [0.29, 0.717) is 12.2 Å². The molecule has 0 fully saturated rings. The molecule has 0 amide bonds. The van der Waals surface area contributed by atoms with Gasteiger partial charge in [0.2, 0.25) is 0 Å². The van der Waals surface area contributed by atoms with Crippen molar-refractivity contribution in [3.05, 3.63) is 120 Å². The molecule has 1 N–H and O–H groups in total.